The van der Waals surface area contributed by atoms with Crippen LogP contribution in [0.25, 0.3) is 27.5 Å². The molecule has 1 amide bonds. The van der Waals surface area contributed by atoms with Crippen LogP contribution >= 0.6 is 11.6 Å². The van der Waals surface area contributed by atoms with Crippen molar-refractivity contribution >= 4 is 45.0 Å². The lowest BCUT2D eigenvalue weighted by Crippen LogP contribution is -2.13. The van der Waals surface area contributed by atoms with Crippen molar-refractivity contribution in [2.24, 2.45) is 0 Å². The summed E-state index contributed by atoms with van der Waals surface area (Å²) in [5.41, 5.74) is 2.80. The van der Waals surface area contributed by atoms with E-state index >= 15 is 0 Å². The number of aromatic amines is 1. The molecule has 0 unspecified atom stereocenters. The second-order valence-electron chi connectivity index (χ2n) is 7.42. The predicted molar refractivity (Wildman–Crippen MR) is 130 cm³/mol. The van der Waals surface area contributed by atoms with Gasteiger partial charge in [-0.2, -0.15) is 0 Å². The van der Waals surface area contributed by atoms with Crippen molar-refractivity contribution in [1.82, 2.24) is 14.8 Å². The monoisotopic (exact) mass is 458 g/mol. The van der Waals surface area contributed by atoms with Crippen molar-refractivity contribution in [3.63, 3.8) is 0 Å². The molecular weight excluding hydrogens is 440 g/mol. The van der Waals surface area contributed by atoms with Crippen LogP contribution in [0.4, 0.5) is 5.69 Å². The third-order valence-electron chi connectivity index (χ3n) is 5.30. The number of hydrogen-bond acceptors (Lipinski definition) is 4. The Balaban J connectivity index is 1.52. The Morgan fingerprint density at radius 1 is 1.06 bits per heavy atom. The Bertz CT molecular complexity index is 1540. The van der Waals surface area contributed by atoms with E-state index in [4.69, 9.17) is 16.3 Å². The Morgan fingerprint density at radius 3 is 2.55 bits per heavy atom. The minimum Gasteiger partial charge on any atom is -0.494 e. The molecule has 0 saturated heterocycles. The fourth-order valence-electron chi connectivity index (χ4n) is 3.68. The molecule has 33 heavy (non-hydrogen) atoms. The summed E-state index contributed by atoms with van der Waals surface area (Å²) >= 11 is 5.97. The topological polar surface area (TPSA) is 89.0 Å². The second kappa shape index (κ2) is 8.44. The largest absolute Gasteiger partial charge is 0.494 e. The molecule has 2 N–H and O–H groups in total. The first-order valence-electron chi connectivity index (χ1n) is 10.4. The van der Waals surface area contributed by atoms with E-state index in [2.05, 4.69) is 15.4 Å². The molecule has 0 saturated carbocycles. The number of H-pyrrole nitrogens is 1. The van der Waals surface area contributed by atoms with Crippen molar-refractivity contribution in [2.75, 3.05) is 11.9 Å². The maximum Gasteiger partial charge on any atom is 0.280 e. The smallest absolute Gasteiger partial charge is 0.280 e. The third-order valence-corrected chi connectivity index (χ3v) is 5.55. The first-order chi connectivity index (χ1) is 16.0. The lowest BCUT2D eigenvalue weighted by atomic mass is 10.1. The standard InChI is InChI=1S/C25H19ClN4O3/c1-2-33-19-10-6-17(7-11-19)28-24(31)15-3-12-22-20(13-15)23-21(14-27-22)25(32)30(29-23)18-8-4-16(26)5-9-18/h3-14,29H,2H2,1H3,(H,28,31). The van der Waals surface area contributed by atoms with Crippen molar-refractivity contribution in [1.29, 1.82) is 0 Å². The van der Waals surface area contributed by atoms with Crippen molar-refractivity contribution < 1.29 is 9.53 Å². The lowest BCUT2D eigenvalue weighted by molar-refractivity contribution is 0.102. The molecule has 0 aliphatic carbocycles. The molecule has 8 heteroatoms. The first-order valence-corrected chi connectivity index (χ1v) is 10.7. The predicted octanol–water partition coefficient (Wildman–Crippen LogP) is 5.17. The average molecular weight is 459 g/mol. The minimum absolute atomic E-state index is 0.231. The second-order valence-corrected chi connectivity index (χ2v) is 7.86. The van der Waals surface area contributed by atoms with Crippen LogP contribution in [-0.4, -0.2) is 27.3 Å². The first kappa shape index (κ1) is 20.8. The summed E-state index contributed by atoms with van der Waals surface area (Å²) in [5.74, 6) is 0.473. The molecule has 2 aromatic heterocycles. The number of nitrogens with one attached hydrogen (secondary N) is 2. The maximum atomic E-state index is 13.0. The molecule has 0 aliphatic heterocycles. The molecule has 0 radical (unpaired) electrons. The number of carbonyl (C=O) groups excluding carboxylic acids is 1. The van der Waals surface area contributed by atoms with E-state index < -0.39 is 0 Å². The van der Waals surface area contributed by atoms with Gasteiger partial charge in [0.15, 0.2) is 0 Å². The van der Waals surface area contributed by atoms with Crippen molar-refractivity contribution in [2.45, 2.75) is 6.92 Å². The molecule has 0 bridgehead atoms. The fourth-order valence-corrected chi connectivity index (χ4v) is 3.80. The third kappa shape index (κ3) is 3.94. The summed E-state index contributed by atoms with van der Waals surface area (Å²) in [6.07, 6.45) is 1.54. The minimum atomic E-state index is -0.266. The summed E-state index contributed by atoms with van der Waals surface area (Å²) in [5, 5.41) is 7.73. The highest BCUT2D eigenvalue weighted by Gasteiger charge is 2.14. The number of rotatable bonds is 5. The number of ether oxygens (including phenoxy) is 1. The van der Waals surface area contributed by atoms with E-state index in [0.29, 0.717) is 50.4 Å². The summed E-state index contributed by atoms with van der Waals surface area (Å²) in [4.78, 5) is 30.2. The van der Waals surface area contributed by atoms with Gasteiger partial charge in [0.05, 0.1) is 28.7 Å². The lowest BCUT2D eigenvalue weighted by Gasteiger charge is -2.08. The molecule has 0 fully saturated rings. The molecule has 7 nitrogen and oxygen atoms in total. The number of anilines is 1. The molecule has 0 spiro atoms. The van der Waals surface area contributed by atoms with Crippen LogP contribution in [0.3, 0.4) is 0 Å². The van der Waals surface area contributed by atoms with Crippen LogP contribution in [0.5, 0.6) is 5.75 Å². The van der Waals surface area contributed by atoms with Crippen molar-refractivity contribution in [3.8, 4) is 11.4 Å². The van der Waals surface area contributed by atoms with Crippen LogP contribution in [0.2, 0.25) is 5.02 Å². The summed E-state index contributed by atoms with van der Waals surface area (Å²) in [6.45, 7) is 2.49. The van der Waals surface area contributed by atoms with Crippen LogP contribution in [0, 0.1) is 0 Å². The highest BCUT2D eigenvalue weighted by Crippen LogP contribution is 2.24. The van der Waals surface area contributed by atoms with Gasteiger partial charge in [-0.15, -0.1) is 0 Å². The normalized spacial score (nSPS) is 11.1. The number of fused-ring (bicyclic) bond motifs is 3. The Hall–Kier alpha value is -4.10. The van der Waals surface area contributed by atoms with E-state index in [1.54, 1.807) is 72.9 Å². The van der Waals surface area contributed by atoms with Crippen LogP contribution in [-0.2, 0) is 0 Å². The number of carbonyl (C=O) groups is 1. The van der Waals surface area contributed by atoms with Crippen LogP contribution in [0.1, 0.15) is 17.3 Å². The van der Waals surface area contributed by atoms with Gasteiger partial charge in [-0.25, -0.2) is 4.68 Å². The van der Waals surface area contributed by atoms with Crippen molar-refractivity contribution in [3.05, 3.63) is 93.9 Å². The number of amides is 1. The molecular formula is C25H19ClN4O3. The number of hydrogen-bond donors (Lipinski definition) is 2. The quantitative estimate of drug-likeness (QED) is 0.380. The van der Waals surface area contributed by atoms with Gasteiger partial charge < -0.3 is 10.1 Å². The average Bonchev–Trinajstić information content (AvgIpc) is 3.17. The zero-order chi connectivity index (χ0) is 22.9. The molecule has 164 valence electrons. The zero-order valence-corrected chi connectivity index (χ0v) is 18.4. The SMILES string of the molecule is CCOc1ccc(NC(=O)c2ccc3ncc4c(=O)n(-c5ccc(Cl)cc5)[nH]c4c3c2)cc1. The molecule has 5 rings (SSSR count). The van der Waals surface area contributed by atoms with E-state index in [1.807, 2.05) is 6.92 Å². The van der Waals surface area contributed by atoms with E-state index in [1.165, 1.54) is 4.68 Å². The number of benzene rings is 3. The molecule has 0 aliphatic rings. The van der Waals surface area contributed by atoms with Gasteiger partial charge in [0, 0.05) is 27.9 Å². The number of pyridine rings is 1. The van der Waals surface area contributed by atoms with Gasteiger partial charge in [0.2, 0.25) is 0 Å². The Kier molecular flexibility index (Phi) is 5.32. The molecule has 2 heterocycles. The van der Waals surface area contributed by atoms with E-state index in [9.17, 15) is 9.59 Å². The van der Waals surface area contributed by atoms with Crippen LogP contribution in [0.15, 0.2) is 77.7 Å². The van der Waals surface area contributed by atoms with Gasteiger partial charge >= 0.3 is 0 Å². The molecule has 3 aromatic carbocycles. The maximum absolute atomic E-state index is 13.0. The summed E-state index contributed by atoms with van der Waals surface area (Å²) in [7, 11) is 0. The van der Waals surface area contributed by atoms with Gasteiger partial charge in [-0.1, -0.05) is 11.6 Å². The highest BCUT2D eigenvalue weighted by atomic mass is 35.5. The van der Waals surface area contributed by atoms with Gasteiger partial charge in [0.1, 0.15) is 5.75 Å². The summed E-state index contributed by atoms with van der Waals surface area (Å²) < 4.78 is 6.87. The number of aromatic nitrogens is 3. The number of nitrogens with zero attached hydrogens (tertiary/aromatic N) is 2. The van der Waals surface area contributed by atoms with E-state index in [0.717, 1.165) is 5.75 Å². The Labute approximate surface area is 193 Å². The Morgan fingerprint density at radius 2 is 1.82 bits per heavy atom. The number of halogens is 1. The van der Waals surface area contributed by atoms with Gasteiger partial charge in [-0.05, 0) is 73.7 Å². The summed E-state index contributed by atoms with van der Waals surface area (Å²) in [6, 6.07) is 19.3. The van der Waals surface area contributed by atoms with E-state index in [-0.39, 0.29) is 11.5 Å². The fraction of sp³-hybridized carbons (Fsp3) is 0.0800. The molecule has 5 aromatic rings. The highest BCUT2D eigenvalue weighted by molar-refractivity contribution is 6.30. The van der Waals surface area contributed by atoms with Gasteiger partial charge in [-0.3, -0.25) is 19.7 Å². The van der Waals surface area contributed by atoms with Gasteiger partial charge in [0.25, 0.3) is 11.5 Å². The molecule has 0 atom stereocenters. The zero-order valence-electron chi connectivity index (χ0n) is 17.6. The van der Waals surface area contributed by atoms with Crippen LogP contribution < -0.4 is 15.6 Å².